The molecular formula is C29H30N4O2. The van der Waals surface area contributed by atoms with E-state index in [0.29, 0.717) is 25.6 Å². The minimum absolute atomic E-state index is 0.122. The summed E-state index contributed by atoms with van der Waals surface area (Å²) < 4.78 is 6.03. The fourth-order valence-electron chi connectivity index (χ4n) is 5.37. The minimum atomic E-state index is 0.122. The first-order valence-corrected chi connectivity index (χ1v) is 12.4. The smallest absolute Gasteiger partial charge is 0.320 e. The maximum absolute atomic E-state index is 13.4. The van der Waals surface area contributed by atoms with Gasteiger partial charge in [0.2, 0.25) is 0 Å². The van der Waals surface area contributed by atoms with Crippen LogP contribution in [0.3, 0.4) is 0 Å². The van der Waals surface area contributed by atoms with E-state index in [9.17, 15) is 4.79 Å². The van der Waals surface area contributed by atoms with Crippen molar-refractivity contribution in [3.8, 4) is 16.9 Å². The number of carbonyl (C=O) groups is 1. The van der Waals surface area contributed by atoms with E-state index in [0.717, 1.165) is 65.2 Å². The van der Waals surface area contributed by atoms with Gasteiger partial charge in [-0.25, -0.2) is 9.78 Å². The Bertz CT molecular complexity index is 1360. The summed E-state index contributed by atoms with van der Waals surface area (Å²) in [6, 6.07) is 23.3. The van der Waals surface area contributed by atoms with E-state index in [2.05, 4.69) is 64.6 Å². The molecule has 178 valence electrons. The molecule has 4 aromatic rings. The maximum atomic E-state index is 13.4. The SMILES string of the molecule is Cc1nc2ccc(-c3ccc4c(c3)CN(C(=O)N3CCC(Cc5ccccc5)C3)CCO4)cc2[nH]1. The fourth-order valence-corrected chi connectivity index (χ4v) is 5.37. The van der Waals surface area contributed by atoms with Crippen LogP contribution < -0.4 is 4.74 Å². The van der Waals surface area contributed by atoms with Gasteiger partial charge in [-0.05, 0) is 66.6 Å². The number of ether oxygens (including phenoxy) is 1. The van der Waals surface area contributed by atoms with E-state index in [-0.39, 0.29) is 6.03 Å². The van der Waals surface area contributed by atoms with E-state index in [1.165, 1.54) is 5.56 Å². The second kappa shape index (κ2) is 9.10. The molecule has 0 bridgehead atoms. The van der Waals surface area contributed by atoms with Gasteiger partial charge in [0.05, 0.1) is 24.1 Å². The molecule has 35 heavy (non-hydrogen) atoms. The van der Waals surface area contributed by atoms with Crippen LogP contribution in [-0.2, 0) is 13.0 Å². The number of carbonyl (C=O) groups excluding carboxylic acids is 1. The third kappa shape index (κ3) is 4.48. The maximum Gasteiger partial charge on any atom is 0.320 e. The molecule has 0 radical (unpaired) electrons. The highest BCUT2D eigenvalue weighted by Gasteiger charge is 2.30. The molecule has 0 saturated carbocycles. The number of nitrogens with zero attached hydrogens (tertiary/aromatic N) is 3. The molecule has 1 saturated heterocycles. The topological polar surface area (TPSA) is 61.5 Å². The van der Waals surface area contributed by atoms with Crippen molar-refractivity contribution in [2.45, 2.75) is 26.3 Å². The van der Waals surface area contributed by atoms with Crippen LogP contribution in [0.5, 0.6) is 5.75 Å². The number of rotatable bonds is 3. The van der Waals surface area contributed by atoms with Crippen LogP contribution in [0.2, 0.25) is 0 Å². The number of hydrogen-bond acceptors (Lipinski definition) is 3. The van der Waals surface area contributed by atoms with E-state index in [1.54, 1.807) is 0 Å². The Morgan fingerprint density at radius 3 is 2.74 bits per heavy atom. The van der Waals surface area contributed by atoms with Crippen molar-refractivity contribution in [2.75, 3.05) is 26.2 Å². The van der Waals surface area contributed by atoms with Gasteiger partial charge in [-0.1, -0.05) is 42.5 Å². The Kier molecular flexibility index (Phi) is 5.64. The fraction of sp³-hybridized carbons (Fsp3) is 0.310. The normalized spacial score (nSPS) is 17.8. The largest absolute Gasteiger partial charge is 0.491 e. The zero-order chi connectivity index (χ0) is 23.8. The summed E-state index contributed by atoms with van der Waals surface area (Å²) in [5, 5.41) is 0. The molecule has 3 heterocycles. The highest BCUT2D eigenvalue weighted by molar-refractivity contribution is 5.82. The Morgan fingerprint density at radius 2 is 1.86 bits per heavy atom. The van der Waals surface area contributed by atoms with Crippen LogP contribution >= 0.6 is 0 Å². The molecule has 1 fully saturated rings. The zero-order valence-electron chi connectivity index (χ0n) is 20.0. The van der Waals surface area contributed by atoms with Gasteiger partial charge in [0, 0.05) is 18.7 Å². The number of hydrogen-bond donors (Lipinski definition) is 1. The lowest BCUT2D eigenvalue weighted by Gasteiger charge is -2.26. The molecule has 2 aliphatic rings. The van der Waals surface area contributed by atoms with E-state index in [1.807, 2.05) is 28.9 Å². The highest BCUT2D eigenvalue weighted by Crippen LogP contribution is 2.31. The molecule has 6 rings (SSSR count). The van der Waals surface area contributed by atoms with Gasteiger partial charge in [0.1, 0.15) is 18.2 Å². The summed E-state index contributed by atoms with van der Waals surface area (Å²) in [6.07, 6.45) is 2.08. The number of H-pyrrole nitrogens is 1. The Hall–Kier alpha value is -3.80. The molecule has 6 heteroatoms. The molecule has 6 nitrogen and oxygen atoms in total. The Balaban J connectivity index is 1.18. The lowest BCUT2D eigenvalue weighted by atomic mass is 9.99. The number of urea groups is 1. The van der Waals surface area contributed by atoms with Crippen molar-refractivity contribution in [3.63, 3.8) is 0 Å². The van der Waals surface area contributed by atoms with Gasteiger partial charge in [0.25, 0.3) is 0 Å². The molecule has 2 amide bonds. The third-order valence-electron chi connectivity index (χ3n) is 7.17. The van der Waals surface area contributed by atoms with Crippen molar-refractivity contribution in [2.24, 2.45) is 5.92 Å². The van der Waals surface area contributed by atoms with Crippen molar-refractivity contribution in [3.05, 3.63) is 83.7 Å². The van der Waals surface area contributed by atoms with Crippen molar-refractivity contribution >= 4 is 17.1 Å². The molecule has 1 aromatic heterocycles. The number of aryl methyl sites for hydroxylation is 1. The summed E-state index contributed by atoms with van der Waals surface area (Å²) in [5.41, 5.74) is 6.63. The number of fused-ring (bicyclic) bond motifs is 2. The summed E-state index contributed by atoms with van der Waals surface area (Å²) in [4.78, 5) is 25.2. The van der Waals surface area contributed by atoms with Gasteiger partial charge < -0.3 is 19.5 Å². The predicted molar refractivity (Wildman–Crippen MR) is 137 cm³/mol. The molecule has 1 unspecified atom stereocenters. The van der Waals surface area contributed by atoms with Gasteiger partial charge in [-0.3, -0.25) is 0 Å². The van der Waals surface area contributed by atoms with Crippen molar-refractivity contribution in [1.82, 2.24) is 19.8 Å². The molecule has 3 aromatic carbocycles. The monoisotopic (exact) mass is 466 g/mol. The first kappa shape index (κ1) is 21.7. The van der Waals surface area contributed by atoms with Crippen LogP contribution in [0.15, 0.2) is 66.7 Å². The highest BCUT2D eigenvalue weighted by atomic mass is 16.5. The zero-order valence-corrected chi connectivity index (χ0v) is 20.0. The standard InChI is InChI=1S/C29H30N4O2/c1-20-30-26-9-7-24(17-27(26)31-20)23-8-10-28-25(16-23)19-33(13-14-35-28)29(34)32-12-11-22(18-32)15-21-5-3-2-4-6-21/h2-10,16-17,22H,11-15,18-19H2,1H3,(H,30,31). The number of aromatic amines is 1. The van der Waals surface area contributed by atoms with Crippen molar-refractivity contribution < 1.29 is 9.53 Å². The number of nitrogens with one attached hydrogen (secondary N) is 1. The quantitative estimate of drug-likeness (QED) is 0.439. The number of imidazole rings is 1. The Morgan fingerprint density at radius 1 is 1.03 bits per heavy atom. The molecule has 0 spiro atoms. The van der Waals surface area contributed by atoms with Crippen LogP contribution in [0.25, 0.3) is 22.2 Å². The van der Waals surface area contributed by atoms with Gasteiger partial charge in [-0.15, -0.1) is 0 Å². The van der Waals surface area contributed by atoms with Crippen LogP contribution in [-0.4, -0.2) is 52.0 Å². The van der Waals surface area contributed by atoms with Crippen LogP contribution in [0, 0.1) is 12.8 Å². The third-order valence-corrected chi connectivity index (χ3v) is 7.17. The summed E-state index contributed by atoms with van der Waals surface area (Å²) >= 11 is 0. The average molecular weight is 467 g/mol. The first-order chi connectivity index (χ1) is 17.1. The van der Waals surface area contributed by atoms with Crippen molar-refractivity contribution in [1.29, 1.82) is 0 Å². The average Bonchev–Trinajstić information content (AvgIpc) is 3.42. The molecule has 2 aliphatic heterocycles. The van der Waals surface area contributed by atoms with E-state index in [4.69, 9.17) is 4.74 Å². The Labute approximate surface area is 205 Å². The summed E-state index contributed by atoms with van der Waals surface area (Å²) in [5.74, 6) is 2.30. The van der Waals surface area contributed by atoms with Crippen LogP contribution in [0.1, 0.15) is 23.4 Å². The second-order valence-corrected chi connectivity index (χ2v) is 9.72. The molecule has 0 aliphatic carbocycles. The summed E-state index contributed by atoms with van der Waals surface area (Å²) in [6.45, 7) is 5.29. The lowest BCUT2D eigenvalue weighted by Crippen LogP contribution is -2.42. The van der Waals surface area contributed by atoms with Gasteiger partial charge in [0.15, 0.2) is 0 Å². The number of amides is 2. The number of likely N-dealkylation sites (tertiary alicyclic amines) is 1. The lowest BCUT2D eigenvalue weighted by molar-refractivity contribution is 0.153. The van der Waals surface area contributed by atoms with Gasteiger partial charge >= 0.3 is 6.03 Å². The van der Waals surface area contributed by atoms with Crippen LogP contribution in [0.4, 0.5) is 4.79 Å². The number of aromatic nitrogens is 2. The number of benzene rings is 3. The van der Waals surface area contributed by atoms with E-state index < -0.39 is 0 Å². The second-order valence-electron chi connectivity index (χ2n) is 9.72. The van der Waals surface area contributed by atoms with Gasteiger partial charge in [-0.2, -0.15) is 0 Å². The summed E-state index contributed by atoms with van der Waals surface area (Å²) in [7, 11) is 0. The minimum Gasteiger partial charge on any atom is -0.491 e. The molecule has 1 N–H and O–H groups in total. The first-order valence-electron chi connectivity index (χ1n) is 12.4. The van der Waals surface area contributed by atoms with E-state index >= 15 is 0 Å². The predicted octanol–water partition coefficient (Wildman–Crippen LogP) is 5.42. The molecule has 1 atom stereocenters. The molecular weight excluding hydrogens is 436 g/mol.